The molecule has 0 saturated heterocycles. The summed E-state index contributed by atoms with van der Waals surface area (Å²) in [6.45, 7) is 3.73. The quantitative estimate of drug-likeness (QED) is 0.861. The van der Waals surface area contributed by atoms with Crippen LogP contribution in [-0.4, -0.2) is 25.6 Å². The van der Waals surface area contributed by atoms with Gasteiger partial charge in [-0.15, -0.1) is 0 Å². The van der Waals surface area contributed by atoms with Gasteiger partial charge < -0.3 is 14.8 Å². The highest BCUT2D eigenvalue weighted by Crippen LogP contribution is 2.19. The number of anilines is 1. The number of para-hydroxylation sites is 1. The molecule has 5 heteroatoms. The average molecular weight is 313 g/mol. The van der Waals surface area contributed by atoms with Gasteiger partial charge in [-0.3, -0.25) is 4.79 Å². The van der Waals surface area contributed by atoms with Crippen LogP contribution in [0.2, 0.25) is 0 Å². The topological polar surface area (TPSA) is 64.6 Å². The van der Waals surface area contributed by atoms with Gasteiger partial charge in [0, 0.05) is 5.69 Å². The van der Waals surface area contributed by atoms with E-state index in [-0.39, 0.29) is 12.5 Å². The number of carbonyl (C=O) groups excluding carboxylic acids is 2. The molecule has 0 fully saturated rings. The van der Waals surface area contributed by atoms with Crippen LogP contribution in [0, 0.1) is 13.8 Å². The van der Waals surface area contributed by atoms with Crippen molar-refractivity contribution < 1.29 is 19.1 Å². The van der Waals surface area contributed by atoms with E-state index in [0.717, 1.165) is 16.8 Å². The van der Waals surface area contributed by atoms with Crippen molar-refractivity contribution in [3.63, 3.8) is 0 Å². The lowest BCUT2D eigenvalue weighted by Gasteiger charge is -2.12. The van der Waals surface area contributed by atoms with Crippen LogP contribution in [0.15, 0.2) is 42.5 Å². The number of esters is 1. The maximum atomic E-state index is 12.0. The first-order chi connectivity index (χ1) is 11.0. The molecule has 0 unspecified atom stereocenters. The molecule has 0 aliphatic heterocycles. The van der Waals surface area contributed by atoms with Crippen molar-refractivity contribution in [2.45, 2.75) is 13.8 Å². The fraction of sp³-hybridized carbons (Fsp3) is 0.222. The fourth-order valence-corrected chi connectivity index (χ4v) is 2.17. The molecular formula is C18H19NO4. The van der Waals surface area contributed by atoms with Crippen LogP contribution in [-0.2, 0) is 9.53 Å². The molecule has 0 radical (unpaired) electrons. The Morgan fingerprint density at radius 1 is 1.04 bits per heavy atom. The van der Waals surface area contributed by atoms with Crippen LogP contribution in [0.1, 0.15) is 21.5 Å². The molecule has 0 aromatic heterocycles. The number of aryl methyl sites for hydroxylation is 2. The standard InChI is InChI=1S/C18H19NO4/c1-12-6-4-7-13(2)17(12)19-16(20)11-23-15-9-5-8-14(10-15)18(21)22-3/h4-10H,11H2,1-3H3,(H,19,20). The molecule has 0 aliphatic rings. The van der Waals surface area contributed by atoms with E-state index < -0.39 is 5.97 Å². The maximum absolute atomic E-state index is 12.0. The highest BCUT2D eigenvalue weighted by atomic mass is 16.5. The van der Waals surface area contributed by atoms with E-state index in [9.17, 15) is 9.59 Å². The second kappa shape index (κ2) is 7.45. The number of methoxy groups -OCH3 is 1. The Bertz CT molecular complexity index is 704. The number of amides is 1. The third-order valence-corrected chi connectivity index (χ3v) is 3.37. The summed E-state index contributed by atoms with van der Waals surface area (Å²) in [6, 6.07) is 12.3. The molecule has 1 N–H and O–H groups in total. The first-order valence-electron chi connectivity index (χ1n) is 7.18. The summed E-state index contributed by atoms with van der Waals surface area (Å²) in [5.74, 6) is -0.272. The van der Waals surface area contributed by atoms with E-state index in [1.54, 1.807) is 18.2 Å². The second-order valence-corrected chi connectivity index (χ2v) is 5.12. The maximum Gasteiger partial charge on any atom is 0.337 e. The van der Waals surface area contributed by atoms with Crippen LogP contribution in [0.25, 0.3) is 0 Å². The van der Waals surface area contributed by atoms with Gasteiger partial charge >= 0.3 is 5.97 Å². The van der Waals surface area contributed by atoms with Crippen molar-refractivity contribution in [1.82, 2.24) is 0 Å². The largest absolute Gasteiger partial charge is 0.484 e. The third-order valence-electron chi connectivity index (χ3n) is 3.37. The number of hydrogen-bond donors (Lipinski definition) is 1. The molecule has 0 bridgehead atoms. The molecule has 0 heterocycles. The predicted molar refractivity (Wildman–Crippen MR) is 87.8 cm³/mol. The lowest BCUT2D eigenvalue weighted by molar-refractivity contribution is -0.118. The Morgan fingerprint density at radius 3 is 2.35 bits per heavy atom. The van der Waals surface area contributed by atoms with Crippen LogP contribution in [0.3, 0.4) is 0 Å². The zero-order valence-electron chi connectivity index (χ0n) is 13.4. The number of rotatable bonds is 5. The van der Waals surface area contributed by atoms with Crippen molar-refractivity contribution in [2.24, 2.45) is 0 Å². The molecule has 1 amide bonds. The van der Waals surface area contributed by atoms with Crippen LogP contribution < -0.4 is 10.1 Å². The summed E-state index contributed by atoms with van der Waals surface area (Å²) in [4.78, 5) is 23.5. The number of carbonyl (C=O) groups is 2. The van der Waals surface area contributed by atoms with Gasteiger partial charge in [-0.1, -0.05) is 24.3 Å². The minimum Gasteiger partial charge on any atom is -0.484 e. The Hall–Kier alpha value is -2.82. The molecule has 2 rings (SSSR count). The van der Waals surface area contributed by atoms with Gasteiger partial charge in [0.2, 0.25) is 0 Å². The summed E-state index contributed by atoms with van der Waals surface area (Å²) in [5.41, 5.74) is 3.15. The lowest BCUT2D eigenvalue weighted by Crippen LogP contribution is -2.21. The van der Waals surface area contributed by atoms with Crippen molar-refractivity contribution in [3.05, 3.63) is 59.2 Å². The SMILES string of the molecule is COC(=O)c1cccc(OCC(=O)Nc2c(C)cccc2C)c1. The molecule has 5 nitrogen and oxygen atoms in total. The van der Waals surface area contributed by atoms with Crippen LogP contribution >= 0.6 is 0 Å². The van der Waals surface area contributed by atoms with Gasteiger partial charge in [-0.2, -0.15) is 0 Å². The lowest BCUT2D eigenvalue weighted by atomic mass is 10.1. The minimum atomic E-state index is -0.449. The molecule has 2 aromatic rings. The summed E-state index contributed by atoms with van der Waals surface area (Å²) >= 11 is 0. The van der Waals surface area contributed by atoms with Crippen molar-refractivity contribution >= 4 is 17.6 Å². The molecule has 2 aromatic carbocycles. The van der Waals surface area contributed by atoms with Crippen molar-refractivity contribution in [3.8, 4) is 5.75 Å². The summed E-state index contributed by atoms with van der Waals surface area (Å²) in [5, 5.41) is 2.84. The van der Waals surface area contributed by atoms with E-state index in [1.165, 1.54) is 13.2 Å². The number of nitrogens with one attached hydrogen (secondary N) is 1. The smallest absolute Gasteiger partial charge is 0.337 e. The zero-order chi connectivity index (χ0) is 16.8. The van der Waals surface area contributed by atoms with Gasteiger partial charge in [-0.05, 0) is 43.2 Å². The van der Waals surface area contributed by atoms with Gasteiger partial charge in [0.15, 0.2) is 6.61 Å². The summed E-state index contributed by atoms with van der Waals surface area (Å²) in [7, 11) is 1.31. The van der Waals surface area contributed by atoms with Gasteiger partial charge in [0.25, 0.3) is 5.91 Å². The van der Waals surface area contributed by atoms with Gasteiger partial charge in [0.1, 0.15) is 5.75 Å². The van der Waals surface area contributed by atoms with Crippen molar-refractivity contribution in [2.75, 3.05) is 19.0 Å². The number of ether oxygens (including phenoxy) is 2. The van der Waals surface area contributed by atoms with E-state index in [0.29, 0.717) is 11.3 Å². The molecule has 0 saturated carbocycles. The highest BCUT2D eigenvalue weighted by Gasteiger charge is 2.10. The Morgan fingerprint density at radius 2 is 1.70 bits per heavy atom. The Balaban J connectivity index is 1.98. The highest BCUT2D eigenvalue weighted by molar-refractivity contribution is 5.93. The van der Waals surface area contributed by atoms with E-state index in [2.05, 4.69) is 10.1 Å². The number of hydrogen-bond acceptors (Lipinski definition) is 4. The zero-order valence-corrected chi connectivity index (χ0v) is 13.4. The molecule has 0 spiro atoms. The first kappa shape index (κ1) is 16.5. The normalized spacial score (nSPS) is 10.0. The Kier molecular flexibility index (Phi) is 5.36. The molecular weight excluding hydrogens is 294 g/mol. The van der Waals surface area contributed by atoms with Gasteiger partial charge in [0.05, 0.1) is 12.7 Å². The van der Waals surface area contributed by atoms with Crippen molar-refractivity contribution in [1.29, 1.82) is 0 Å². The summed E-state index contributed by atoms with van der Waals surface area (Å²) < 4.78 is 10.1. The molecule has 120 valence electrons. The first-order valence-corrected chi connectivity index (χ1v) is 7.18. The monoisotopic (exact) mass is 313 g/mol. The molecule has 0 atom stereocenters. The molecule has 23 heavy (non-hydrogen) atoms. The molecule has 0 aliphatic carbocycles. The average Bonchev–Trinajstić information content (AvgIpc) is 2.56. The Labute approximate surface area is 135 Å². The van der Waals surface area contributed by atoms with E-state index >= 15 is 0 Å². The third kappa shape index (κ3) is 4.32. The second-order valence-electron chi connectivity index (χ2n) is 5.12. The van der Waals surface area contributed by atoms with Gasteiger partial charge in [-0.25, -0.2) is 4.79 Å². The van der Waals surface area contributed by atoms with E-state index in [1.807, 2.05) is 32.0 Å². The fourth-order valence-electron chi connectivity index (χ4n) is 2.17. The predicted octanol–water partition coefficient (Wildman–Crippen LogP) is 3.11. The van der Waals surface area contributed by atoms with Crippen LogP contribution in [0.5, 0.6) is 5.75 Å². The summed E-state index contributed by atoms with van der Waals surface area (Å²) in [6.07, 6.45) is 0. The minimum absolute atomic E-state index is 0.140. The van der Waals surface area contributed by atoms with E-state index in [4.69, 9.17) is 4.74 Å². The van der Waals surface area contributed by atoms with Crippen LogP contribution in [0.4, 0.5) is 5.69 Å². The number of benzene rings is 2.